The van der Waals surface area contributed by atoms with Crippen LogP contribution in [-0.4, -0.2) is 29.9 Å². The topological polar surface area (TPSA) is 92.3 Å². The number of nitrogens with one attached hydrogen (secondary N) is 2. The Morgan fingerprint density at radius 2 is 0.816 bits per heavy atom. The van der Waals surface area contributed by atoms with Gasteiger partial charge in [-0.15, -0.1) is 0 Å². The van der Waals surface area contributed by atoms with Gasteiger partial charge < -0.3 is 0 Å². The van der Waals surface area contributed by atoms with Crippen molar-refractivity contribution in [3.63, 3.8) is 0 Å². The van der Waals surface area contributed by atoms with Gasteiger partial charge in [-0.2, -0.15) is 0 Å². The Kier molecular flexibility index (Phi) is 16.0. The Labute approximate surface area is 239 Å². The number of unbranched alkanes of at least 4 members (excludes halogenated alkanes) is 10. The van der Waals surface area contributed by atoms with Crippen LogP contribution in [0.2, 0.25) is 0 Å². The molecular formula is C28H44N2O4S4. The van der Waals surface area contributed by atoms with Crippen molar-refractivity contribution in [2.24, 2.45) is 0 Å². The second kappa shape index (κ2) is 18.3. The number of sulfonamides is 2. The van der Waals surface area contributed by atoms with E-state index in [1.54, 1.807) is 48.5 Å². The van der Waals surface area contributed by atoms with Crippen molar-refractivity contribution in [3.05, 3.63) is 48.5 Å². The molecule has 0 saturated carbocycles. The number of hydrogen-bond acceptors (Lipinski definition) is 6. The molecular weight excluding hydrogens is 557 g/mol. The summed E-state index contributed by atoms with van der Waals surface area (Å²) in [5.41, 5.74) is 0. The van der Waals surface area contributed by atoms with E-state index >= 15 is 0 Å². The Bertz CT molecular complexity index is 1030. The van der Waals surface area contributed by atoms with E-state index in [2.05, 4.69) is 23.3 Å². The van der Waals surface area contributed by atoms with Crippen LogP contribution in [0.25, 0.3) is 0 Å². The Morgan fingerprint density at radius 3 is 1.16 bits per heavy atom. The van der Waals surface area contributed by atoms with Crippen LogP contribution in [0.1, 0.15) is 90.9 Å². The fourth-order valence-corrected chi connectivity index (χ4v) is 7.91. The normalized spacial score (nSPS) is 12.2. The number of rotatable bonds is 21. The minimum absolute atomic E-state index is 0.265. The van der Waals surface area contributed by atoms with Crippen LogP contribution in [0.4, 0.5) is 0 Å². The molecule has 2 aromatic rings. The maximum absolute atomic E-state index is 12.5. The zero-order valence-corrected chi connectivity index (χ0v) is 26.1. The molecule has 0 heterocycles. The molecule has 2 aromatic carbocycles. The molecule has 0 aliphatic rings. The molecule has 0 amide bonds. The first-order valence-corrected chi connectivity index (χ1v) is 18.9. The van der Waals surface area contributed by atoms with Gasteiger partial charge in [0.05, 0.1) is 9.79 Å². The summed E-state index contributed by atoms with van der Waals surface area (Å²) in [6.07, 6.45) is 13.4. The third kappa shape index (κ3) is 12.9. The van der Waals surface area contributed by atoms with E-state index in [1.807, 2.05) is 0 Å². The van der Waals surface area contributed by atoms with Gasteiger partial charge in [-0.3, -0.25) is 0 Å². The van der Waals surface area contributed by atoms with Crippen molar-refractivity contribution in [2.75, 3.05) is 13.1 Å². The van der Waals surface area contributed by atoms with Gasteiger partial charge in [0.2, 0.25) is 20.0 Å². The minimum Gasteiger partial charge on any atom is -0.211 e. The lowest BCUT2D eigenvalue weighted by Crippen LogP contribution is -2.24. The molecule has 0 aliphatic carbocycles. The highest BCUT2D eigenvalue weighted by atomic mass is 33.1. The van der Waals surface area contributed by atoms with Crippen LogP contribution in [0, 0.1) is 0 Å². The first-order valence-electron chi connectivity index (χ1n) is 13.8. The fraction of sp³-hybridized carbons (Fsp3) is 0.571. The molecule has 0 aliphatic heterocycles. The molecule has 0 bridgehead atoms. The minimum atomic E-state index is -3.50. The molecule has 38 heavy (non-hydrogen) atoms. The van der Waals surface area contributed by atoms with E-state index in [9.17, 15) is 16.8 Å². The Morgan fingerprint density at radius 1 is 0.500 bits per heavy atom. The first-order chi connectivity index (χ1) is 18.3. The first kappa shape index (κ1) is 33.2. The SMILES string of the molecule is CCCCCCCCNS(=O)(=O)c1ccc(SSc2ccc(S(=O)(=O)NCCCCCCCC)cc2)cc1. The van der Waals surface area contributed by atoms with Crippen LogP contribution in [0.5, 0.6) is 0 Å². The lowest BCUT2D eigenvalue weighted by molar-refractivity contribution is 0.566. The summed E-state index contributed by atoms with van der Waals surface area (Å²) in [4.78, 5) is 2.37. The van der Waals surface area contributed by atoms with Gasteiger partial charge in [0.25, 0.3) is 0 Å². The monoisotopic (exact) mass is 600 g/mol. The van der Waals surface area contributed by atoms with Gasteiger partial charge in [0.15, 0.2) is 0 Å². The summed E-state index contributed by atoms with van der Waals surface area (Å²) >= 11 is 0. The van der Waals surface area contributed by atoms with Gasteiger partial charge in [-0.25, -0.2) is 26.3 Å². The molecule has 2 rings (SSSR count). The highest BCUT2D eigenvalue weighted by molar-refractivity contribution is 8.76. The van der Waals surface area contributed by atoms with Crippen LogP contribution in [0.15, 0.2) is 68.1 Å². The lowest BCUT2D eigenvalue weighted by Gasteiger charge is -2.09. The molecule has 0 aromatic heterocycles. The molecule has 6 nitrogen and oxygen atoms in total. The molecule has 10 heteroatoms. The number of hydrogen-bond donors (Lipinski definition) is 2. The van der Waals surface area contributed by atoms with Crippen molar-refractivity contribution < 1.29 is 16.8 Å². The van der Waals surface area contributed by atoms with E-state index < -0.39 is 20.0 Å². The lowest BCUT2D eigenvalue weighted by atomic mass is 10.1. The van der Waals surface area contributed by atoms with Gasteiger partial charge in [0, 0.05) is 22.9 Å². The van der Waals surface area contributed by atoms with Crippen molar-refractivity contribution in [3.8, 4) is 0 Å². The maximum atomic E-state index is 12.5. The average Bonchev–Trinajstić information content (AvgIpc) is 2.91. The third-order valence-electron chi connectivity index (χ3n) is 6.15. The predicted molar refractivity (Wildman–Crippen MR) is 162 cm³/mol. The van der Waals surface area contributed by atoms with E-state index in [-0.39, 0.29) is 9.79 Å². The van der Waals surface area contributed by atoms with Gasteiger partial charge >= 0.3 is 0 Å². The maximum Gasteiger partial charge on any atom is 0.240 e. The highest BCUT2D eigenvalue weighted by Crippen LogP contribution is 2.37. The van der Waals surface area contributed by atoms with Crippen molar-refractivity contribution >= 4 is 41.6 Å². The second-order valence-electron chi connectivity index (χ2n) is 9.44. The molecule has 214 valence electrons. The van der Waals surface area contributed by atoms with Crippen LogP contribution in [0.3, 0.4) is 0 Å². The van der Waals surface area contributed by atoms with E-state index in [4.69, 9.17) is 0 Å². The van der Waals surface area contributed by atoms with Crippen molar-refractivity contribution in [1.29, 1.82) is 0 Å². The molecule has 0 saturated heterocycles. The molecule has 0 radical (unpaired) electrons. The quantitative estimate of drug-likeness (QED) is 0.112. The van der Waals surface area contributed by atoms with Crippen LogP contribution < -0.4 is 9.44 Å². The zero-order valence-electron chi connectivity index (χ0n) is 22.8. The molecule has 0 spiro atoms. The van der Waals surface area contributed by atoms with Crippen LogP contribution in [-0.2, 0) is 20.0 Å². The van der Waals surface area contributed by atoms with Gasteiger partial charge in [0.1, 0.15) is 0 Å². The molecule has 0 fully saturated rings. The summed E-state index contributed by atoms with van der Waals surface area (Å²) in [6, 6.07) is 13.7. The smallest absolute Gasteiger partial charge is 0.211 e. The summed E-state index contributed by atoms with van der Waals surface area (Å²) in [5.74, 6) is 0. The predicted octanol–water partition coefficient (Wildman–Crippen LogP) is 7.76. The average molecular weight is 601 g/mol. The summed E-state index contributed by atoms with van der Waals surface area (Å²) < 4.78 is 55.5. The van der Waals surface area contributed by atoms with Gasteiger partial charge in [-0.1, -0.05) is 99.6 Å². The van der Waals surface area contributed by atoms with Crippen LogP contribution >= 0.6 is 21.6 Å². The second-order valence-corrected chi connectivity index (χ2v) is 15.3. The Hall–Kier alpha value is -1.04. The largest absolute Gasteiger partial charge is 0.240 e. The van der Waals surface area contributed by atoms with E-state index in [0.717, 1.165) is 48.3 Å². The van der Waals surface area contributed by atoms with E-state index in [0.29, 0.717) is 13.1 Å². The Balaban J connectivity index is 1.76. The standard InChI is InChI=1S/C28H44N2O4S4/c1-3-5-7-9-11-13-23-29-37(31,32)27-19-15-25(16-20-27)35-36-26-17-21-28(22-18-26)38(33,34)30-24-14-12-10-8-6-4-2/h15-22,29-30H,3-14,23-24H2,1-2H3. The zero-order chi connectivity index (χ0) is 27.7. The van der Waals surface area contributed by atoms with Gasteiger partial charge in [-0.05, 0) is 61.4 Å². The van der Waals surface area contributed by atoms with Crippen molar-refractivity contribution in [1.82, 2.24) is 9.44 Å². The van der Waals surface area contributed by atoms with Crippen molar-refractivity contribution in [2.45, 2.75) is 110 Å². The highest BCUT2D eigenvalue weighted by Gasteiger charge is 2.14. The summed E-state index contributed by atoms with van der Waals surface area (Å²) in [6.45, 7) is 5.28. The third-order valence-corrected chi connectivity index (χ3v) is 11.5. The fourth-order valence-electron chi connectivity index (χ4n) is 3.84. The summed E-state index contributed by atoms with van der Waals surface area (Å²) in [7, 11) is -4.01. The molecule has 2 N–H and O–H groups in total. The summed E-state index contributed by atoms with van der Waals surface area (Å²) in [5, 5.41) is 0. The van der Waals surface area contributed by atoms with E-state index in [1.165, 1.54) is 60.1 Å². The molecule has 0 atom stereocenters. The molecule has 0 unspecified atom stereocenters. The number of benzene rings is 2.